The van der Waals surface area contributed by atoms with Crippen LogP contribution in [-0.4, -0.2) is 19.9 Å². The molecule has 0 fully saturated rings. The van der Waals surface area contributed by atoms with Crippen LogP contribution in [0.1, 0.15) is 5.69 Å². The van der Waals surface area contributed by atoms with Crippen LogP contribution in [0.4, 0.5) is 23.2 Å². The number of nitro groups is 1. The second kappa shape index (κ2) is 5.48. The SMILES string of the molecule is O=[N+]([O-])c1ccc(-c2ncc3nc(C(F)(F)F)ccc3n2)cc1F. The molecule has 0 bridgehead atoms. The van der Waals surface area contributed by atoms with Crippen molar-refractivity contribution in [2.24, 2.45) is 0 Å². The van der Waals surface area contributed by atoms with Crippen molar-refractivity contribution in [3.8, 4) is 11.4 Å². The third-order valence-electron chi connectivity index (χ3n) is 3.13. The van der Waals surface area contributed by atoms with E-state index in [0.29, 0.717) is 0 Å². The molecule has 3 aromatic rings. The fraction of sp³-hybridized carbons (Fsp3) is 0.0714. The van der Waals surface area contributed by atoms with E-state index in [0.717, 1.165) is 30.5 Å². The van der Waals surface area contributed by atoms with Gasteiger partial charge in [-0.15, -0.1) is 0 Å². The van der Waals surface area contributed by atoms with Crippen molar-refractivity contribution < 1.29 is 22.5 Å². The molecule has 0 amide bonds. The Morgan fingerprint density at radius 2 is 1.79 bits per heavy atom. The zero-order valence-electron chi connectivity index (χ0n) is 11.6. The Morgan fingerprint density at radius 1 is 1.04 bits per heavy atom. The van der Waals surface area contributed by atoms with Crippen LogP contribution < -0.4 is 0 Å². The van der Waals surface area contributed by atoms with E-state index in [-0.39, 0.29) is 22.4 Å². The summed E-state index contributed by atoms with van der Waals surface area (Å²) in [5.74, 6) is -1.05. The summed E-state index contributed by atoms with van der Waals surface area (Å²) in [6.07, 6.45) is -3.51. The van der Waals surface area contributed by atoms with Gasteiger partial charge >= 0.3 is 11.9 Å². The molecule has 3 rings (SSSR count). The van der Waals surface area contributed by atoms with Crippen LogP contribution in [0.25, 0.3) is 22.4 Å². The molecule has 0 unspecified atom stereocenters. The molecular formula is C14H6F4N4O2. The van der Waals surface area contributed by atoms with Gasteiger partial charge in [-0.2, -0.15) is 17.6 Å². The summed E-state index contributed by atoms with van der Waals surface area (Å²) in [5, 5.41) is 10.6. The quantitative estimate of drug-likeness (QED) is 0.404. The Kier molecular flexibility index (Phi) is 3.59. The molecule has 122 valence electrons. The van der Waals surface area contributed by atoms with Crippen molar-refractivity contribution in [3.63, 3.8) is 0 Å². The first-order chi connectivity index (χ1) is 11.3. The first kappa shape index (κ1) is 15.7. The van der Waals surface area contributed by atoms with Gasteiger partial charge < -0.3 is 0 Å². The van der Waals surface area contributed by atoms with Crippen molar-refractivity contribution in [2.45, 2.75) is 6.18 Å². The maximum absolute atomic E-state index is 13.6. The molecule has 2 aromatic heterocycles. The monoisotopic (exact) mass is 338 g/mol. The van der Waals surface area contributed by atoms with Gasteiger partial charge in [0.1, 0.15) is 11.2 Å². The highest BCUT2D eigenvalue weighted by Gasteiger charge is 2.32. The van der Waals surface area contributed by atoms with Gasteiger partial charge in [-0.25, -0.2) is 15.0 Å². The Hall–Kier alpha value is -3.17. The van der Waals surface area contributed by atoms with Gasteiger partial charge in [-0.1, -0.05) is 0 Å². The molecule has 0 aliphatic heterocycles. The molecule has 0 aliphatic carbocycles. The summed E-state index contributed by atoms with van der Waals surface area (Å²) < 4.78 is 51.5. The molecule has 0 radical (unpaired) electrons. The molecule has 0 saturated carbocycles. The number of halogens is 4. The van der Waals surface area contributed by atoms with E-state index < -0.39 is 28.3 Å². The Bertz CT molecular complexity index is 959. The zero-order valence-corrected chi connectivity index (χ0v) is 11.6. The predicted molar refractivity (Wildman–Crippen MR) is 74.4 cm³/mol. The first-order valence-electron chi connectivity index (χ1n) is 6.41. The van der Waals surface area contributed by atoms with Crippen LogP contribution >= 0.6 is 0 Å². The lowest BCUT2D eigenvalue weighted by Crippen LogP contribution is -2.08. The number of nitro benzene ring substituents is 1. The molecule has 0 spiro atoms. The van der Waals surface area contributed by atoms with Gasteiger partial charge in [0.15, 0.2) is 5.82 Å². The summed E-state index contributed by atoms with van der Waals surface area (Å²) in [4.78, 5) is 21.0. The molecule has 2 heterocycles. The lowest BCUT2D eigenvalue weighted by atomic mass is 10.2. The predicted octanol–water partition coefficient (Wildman–Crippen LogP) is 3.76. The standard InChI is InChI=1S/C14H6F4N4O2/c15-8-5-7(1-3-11(8)22(23)24)13-19-6-10-9(21-13)2-4-12(20-10)14(16,17)18/h1-6H. The molecular weight excluding hydrogens is 332 g/mol. The summed E-state index contributed by atoms with van der Waals surface area (Å²) in [6, 6.07) is 4.99. The van der Waals surface area contributed by atoms with Gasteiger partial charge in [0, 0.05) is 11.6 Å². The number of rotatable bonds is 2. The molecule has 0 N–H and O–H groups in total. The summed E-state index contributed by atoms with van der Waals surface area (Å²) >= 11 is 0. The normalized spacial score (nSPS) is 11.7. The Balaban J connectivity index is 2.05. The number of hydrogen-bond donors (Lipinski definition) is 0. The van der Waals surface area contributed by atoms with E-state index in [9.17, 15) is 27.7 Å². The second-order valence-electron chi connectivity index (χ2n) is 4.72. The van der Waals surface area contributed by atoms with Crippen molar-refractivity contribution in [3.05, 3.63) is 58.2 Å². The highest BCUT2D eigenvalue weighted by Crippen LogP contribution is 2.29. The largest absolute Gasteiger partial charge is 0.433 e. The number of hydrogen-bond acceptors (Lipinski definition) is 5. The average Bonchev–Trinajstić information content (AvgIpc) is 2.52. The van der Waals surface area contributed by atoms with E-state index in [1.165, 1.54) is 6.07 Å². The van der Waals surface area contributed by atoms with Crippen LogP contribution in [0, 0.1) is 15.9 Å². The molecule has 0 atom stereocenters. The van der Waals surface area contributed by atoms with Crippen molar-refractivity contribution >= 4 is 16.7 Å². The van der Waals surface area contributed by atoms with Crippen LogP contribution in [0.15, 0.2) is 36.5 Å². The highest BCUT2D eigenvalue weighted by atomic mass is 19.4. The summed E-state index contributed by atoms with van der Waals surface area (Å²) in [5.41, 5.74) is -1.56. The fourth-order valence-electron chi connectivity index (χ4n) is 2.01. The van der Waals surface area contributed by atoms with E-state index in [1.54, 1.807) is 0 Å². The van der Waals surface area contributed by atoms with Gasteiger partial charge in [0.05, 0.1) is 16.6 Å². The highest BCUT2D eigenvalue weighted by molar-refractivity contribution is 5.76. The van der Waals surface area contributed by atoms with Crippen molar-refractivity contribution in [1.29, 1.82) is 0 Å². The van der Waals surface area contributed by atoms with Crippen LogP contribution in [0.3, 0.4) is 0 Å². The Labute approximate surface area is 131 Å². The summed E-state index contributed by atoms with van der Waals surface area (Å²) in [6.45, 7) is 0. The number of nitrogens with zero attached hydrogens (tertiary/aromatic N) is 4. The number of aromatic nitrogens is 3. The average molecular weight is 338 g/mol. The minimum atomic E-state index is -4.59. The second-order valence-corrected chi connectivity index (χ2v) is 4.72. The Morgan fingerprint density at radius 3 is 2.42 bits per heavy atom. The zero-order chi connectivity index (χ0) is 17.5. The van der Waals surface area contributed by atoms with Crippen LogP contribution in [0.2, 0.25) is 0 Å². The lowest BCUT2D eigenvalue weighted by molar-refractivity contribution is -0.387. The number of alkyl halides is 3. The summed E-state index contributed by atoms with van der Waals surface area (Å²) in [7, 11) is 0. The van der Waals surface area contributed by atoms with Gasteiger partial charge in [-0.3, -0.25) is 10.1 Å². The molecule has 0 saturated heterocycles. The van der Waals surface area contributed by atoms with E-state index in [4.69, 9.17) is 0 Å². The first-order valence-corrected chi connectivity index (χ1v) is 6.41. The molecule has 6 nitrogen and oxygen atoms in total. The van der Waals surface area contributed by atoms with Crippen molar-refractivity contribution in [1.82, 2.24) is 15.0 Å². The smallest absolute Gasteiger partial charge is 0.258 e. The number of benzene rings is 1. The third kappa shape index (κ3) is 2.85. The van der Waals surface area contributed by atoms with E-state index in [1.807, 2.05) is 0 Å². The molecule has 0 aliphatic rings. The maximum Gasteiger partial charge on any atom is 0.433 e. The molecule has 10 heteroatoms. The fourth-order valence-corrected chi connectivity index (χ4v) is 2.01. The molecule has 1 aromatic carbocycles. The topological polar surface area (TPSA) is 81.8 Å². The third-order valence-corrected chi connectivity index (χ3v) is 3.13. The molecule has 24 heavy (non-hydrogen) atoms. The number of pyridine rings is 1. The minimum Gasteiger partial charge on any atom is -0.258 e. The van der Waals surface area contributed by atoms with Gasteiger partial charge in [-0.05, 0) is 24.3 Å². The maximum atomic E-state index is 13.6. The van der Waals surface area contributed by atoms with Crippen LogP contribution in [0.5, 0.6) is 0 Å². The van der Waals surface area contributed by atoms with Gasteiger partial charge in [0.25, 0.3) is 0 Å². The van der Waals surface area contributed by atoms with Crippen LogP contribution in [-0.2, 0) is 6.18 Å². The number of fused-ring (bicyclic) bond motifs is 1. The minimum absolute atomic E-state index is 0.0119. The lowest BCUT2D eigenvalue weighted by Gasteiger charge is -2.07. The van der Waals surface area contributed by atoms with Gasteiger partial charge in [0.2, 0.25) is 5.82 Å². The van der Waals surface area contributed by atoms with Crippen molar-refractivity contribution in [2.75, 3.05) is 0 Å². The van der Waals surface area contributed by atoms with E-state index in [2.05, 4.69) is 15.0 Å². The van der Waals surface area contributed by atoms with E-state index >= 15 is 0 Å².